The number of nitrogens with one attached hydrogen (secondary N) is 1. The van der Waals surface area contributed by atoms with Crippen molar-refractivity contribution < 1.29 is 9.59 Å². The number of para-hydroxylation sites is 1. The lowest BCUT2D eigenvalue weighted by Gasteiger charge is -2.05. The van der Waals surface area contributed by atoms with Gasteiger partial charge in [0.05, 0.1) is 0 Å². The van der Waals surface area contributed by atoms with E-state index >= 15 is 0 Å². The molecule has 0 radical (unpaired) electrons. The quantitative estimate of drug-likeness (QED) is 0.531. The summed E-state index contributed by atoms with van der Waals surface area (Å²) in [4.78, 5) is 23.7. The molecule has 0 heterocycles. The first-order valence-electron chi connectivity index (χ1n) is 8.19. The maximum Gasteiger partial charge on any atom is 0.224 e. The fourth-order valence-corrected chi connectivity index (χ4v) is 2.44. The van der Waals surface area contributed by atoms with E-state index in [2.05, 4.69) is 5.32 Å². The van der Waals surface area contributed by atoms with Crippen LogP contribution in [0.4, 0.5) is 5.69 Å². The van der Waals surface area contributed by atoms with Gasteiger partial charge < -0.3 is 5.32 Å². The van der Waals surface area contributed by atoms with Crippen molar-refractivity contribution in [3.63, 3.8) is 0 Å². The summed E-state index contributed by atoms with van der Waals surface area (Å²) in [5.41, 5.74) is 1.63. The van der Waals surface area contributed by atoms with Crippen LogP contribution >= 0.6 is 0 Å². The van der Waals surface area contributed by atoms with E-state index < -0.39 is 0 Å². The van der Waals surface area contributed by atoms with Crippen LogP contribution in [0.1, 0.15) is 48.9 Å². The highest BCUT2D eigenvalue weighted by Crippen LogP contribution is 2.11. The fraction of sp³-hybridized carbons (Fsp3) is 0.300. The Morgan fingerprint density at radius 1 is 0.696 bits per heavy atom. The minimum absolute atomic E-state index is 0.0524. The van der Waals surface area contributed by atoms with Crippen LogP contribution in [0.3, 0.4) is 0 Å². The van der Waals surface area contributed by atoms with Crippen molar-refractivity contribution >= 4 is 17.4 Å². The number of rotatable bonds is 9. The molecule has 0 unspecified atom stereocenters. The monoisotopic (exact) mass is 309 g/mol. The van der Waals surface area contributed by atoms with Crippen molar-refractivity contribution in [2.24, 2.45) is 0 Å². The van der Waals surface area contributed by atoms with Crippen molar-refractivity contribution in [3.05, 3.63) is 66.2 Å². The predicted octanol–water partition coefficient (Wildman–Crippen LogP) is 4.85. The second-order valence-electron chi connectivity index (χ2n) is 5.62. The highest BCUT2D eigenvalue weighted by atomic mass is 16.1. The summed E-state index contributed by atoms with van der Waals surface area (Å²) < 4.78 is 0. The molecule has 2 aromatic rings. The number of Topliss-reactive ketones (excluding diaryl/α,β-unsaturated/α-hetero) is 1. The third-order valence-corrected chi connectivity index (χ3v) is 3.71. The summed E-state index contributed by atoms with van der Waals surface area (Å²) in [5, 5.41) is 2.88. The summed E-state index contributed by atoms with van der Waals surface area (Å²) >= 11 is 0. The van der Waals surface area contributed by atoms with Gasteiger partial charge in [0.2, 0.25) is 5.91 Å². The Bertz CT molecular complexity index is 608. The van der Waals surface area contributed by atoms with Gasteiger partial charge in [-0.25, -0.2) is 0 Å². The zero-order chi connectivity index (χ0) is 16.3. The summed E-state index contributed by atoms with van der Waals surface area (Å²) in [7, 11) is 0. The molecule has 3 heteroatoms. The molecule has 0 saturated carbocycles. The fourth-order valence-electron chi connectivity index (χ4n) is 2.44. The Morgan fingerprint density at radius 2 is 1.26 bits per heavy atom. The Balaban J connectivity index is 1.54. The number of hydrogen-bond donors (Lipinski definition) is 1. The lowest BCUT2D eigenvalue weighted by molar-refractivity contribution is -0.116. The number of benzene rings is 2. The number of carbonyl (C=O) groups is 2. The van der Waals surface area contributed by atoms with Crippen LogP contribution < -0.4 is 5.32 Å². The molecule has 2 rings (SSSR count). The number of unbranched alkanes of at least 4 members (excludes halogenated alkanes) is 3. The highest BCUT2D eigenvalue weighted by Gasteiger charge is 2.05. The first-order chi connectivity index (χ1) is 11.3. The number of ketones is 1. The Hall–Kier alpha value is -2.42. The zero-order valence-corrected chi connectivity index (χ0v) is 13.3. The van der Waals surface area contributed by atoms with E-state index in [9.17, 15) is 9.59 Å². The lowest BCUT2D eigenvalue weighted by Crippen LogP contribution is -2.10. The molecule has 120 valence electrons. The lowest BCUT2D eigenvalue weighted by atomic mass is 10.0. The van der Waals surface area contributed by atoms with E-state index in [0.29, 0.717) is 12.8 Å². The first kappa shape index (κ1) is 16.9. The molecule has 0 aliphatic carbocycles. The topological polar surface area (TPSA) is 46.2 Å². The van der Waals surface area contributed by atoms with E-state index in [1.54, 1.807) is 0 Å². The number of amides is 1. The molecule has 0 aromatic heterocycles. The first-order valence-corrected chi connectivity index (χ1v) is 8.19. The minimum atomic E-state index is 0.0524. The molecule has 23 heavy (non-hydrogen) atoms. The van der Waals surface area contributed by atoms with Crippen LogP contribution in [0.5, 0.6) is 0 Å². The summed E-state index contributed by atoms with van der Waals surface area (Å²) in [6.07, 6.45) is 4.81. The molecule has 1 N–H and O–H groups in total. The van der Waals surface area contributed by atoms with Gasteiger partial charge in [-0.2, -0.15) is 0 Å². The van der Waals surface area contributed by atoms with Gasteiger partial charge in [-0.1, -0.05) is 61.4 Å². The Kier molecular flexibility index (Phi) is 7.05. The molecular weight excluding hydrogens is 286 g/mol. The third-order valence-electron chi connectivity index (χ3n) is 3.71. The van der Waals surface area contributed by atoms with Crippen LogP contribution in [0, 0.1) is 0 Å². The van der Waals surface area contributed by atoms with Crippen molar-refractivity contribution in [2.45, 2.75) is 38.5 Å². The van der Waals surface area contributed by atoms with Gasteiger partial charge >= 0.3 is 0 Å². The number of carbonyl (C=O) groups excluding carboxylic acids is 2. The molecule has 0 spiro atoms. The largest absolute Gasteiger partial charge is 0.326 e. The van der Waals surface area contributed by atoms with Crippen molar-refractivity contribution in [3.8, 4) is 0 Å². The van der Waals surface area contributed by atoms with E-state index in [-0.39, 0.29) is 11.7 Å². The molecule has 0 saturated heterocycles. The van der Waals surface area contributed by atoms with Gasteiger partial charge in [-0.15, -0.1) is 0 Å². The second-order valence-corrected chi connectivity index (χ2v) is 5.62. The highest BCUT2D eigenvalue weighted by molar-refractivity contribution is 5.95. The SMILES string of the molecule is O=C(CCCCCCC(=O)c1ccccc1)Nc1ccccc1. The van der Waals surface area contributed by atoms with Crippen molar-refractivity contribution in [1.29, 1.82) is 0 Å². The Morgan fingerprint density at radius 3 is 1.91 bits per heavy atom. The number of hydrogen-bond acceptors (Lipinski definition) is 2. The van der Waals surface area contributed by atoms with Gasteiger partial charge in [0, 0.05) is 24.1 Å². The third kappa shape index (κ3) is 6.47. The zero-order valence-electron chi connectivity index (χ0n) is 13.3. The molecule has 0 fully saturated rings. The summed E-state index contributed by atoms with van der Waals surface area (Å²) in [5.74, 6) is 0.254. The number of anilines is 1. The molecular formula is C20H23NO2. The maximum atomic E-state index is 11.9. The molecule has 0 atom stereocenters. The van der Waals surface area contributed by atoms with Gasteiger partial charge in [0.15, 0.2) is 5.78 Å². The molecule has 1 amide bonds. The van der Waals surface area contributed by atoms with Gasteiger partial charge in [-0.05, 0) is 25.0 Å². The van der Waals surface area contributed by atoms with E-state index in [1.165, 1.54) is 0 Å². The van der Waals surface area contributed by atoms with Gasteiger partial charge in [0.25, 0.3) is 0 Å². The van der Waals surface area contributed by atoms with Crippen LogP contribution in [-0.2, 0) is 4.79 Å². The van der Waals surface area contributed by atoms with Gasteiger partial charge in [-0.3, -0.25) is 9.59 Å². The average Bonchev–Trinajstić information content (AvgIpc) is 2.59. The predicted molar refractivity (Wildman–Crippen MR) is 93.5 cm³/mol. The van der Waals surface area contributed by atoms with E-state index in [1.807, 2.05) is 60.7 Å². The maximum absolute atomic E-state index is 11.9. The van der Waals surface area contributed by atoms with Crippen LogP contribution in [0.15, 0.2) is 60.7 Å². The van der Waals surface area contributed by atoms with Crippen molar-refractivity contribution in [2.75, 3.05) is 5.32 Å². The second kappa shape index (κ2) is 9.57. The van der Waals surface area contributed by atoms with Gasteiger partial charge in [0.1, 0.15) is 0 Å². The van der Waals surface area contributed by atoms with Crippen molar-refractivity contribution in [1.82, 2.24) is 0 Å². The molecule has 0 aliphatic rings. The molecule has 0 bridgehead atoms. The molecule has 2 aromatic carbocycles. The van der Waals surface area contributed by atoms with Crippen LogP contribution in [0.2, 0.25) is 0 Å². The van der Waals surface area contributed by atoms with Crippen LogP contribution in [-0.4, -0.2) is 11.7 Å². The summed E-state index contributed by atoms with van der Waals surface area (Å²) in [6, 6.07) is 18.9. The standard InChI is InChI=1S/C20H23NO2/c22-19(17-11-5-3-6-12-17)15-9-1-2-10-16-20(23)21-18-13-7-4-8-14-18/h3-8,11-14H,1-2,9-10,15-16H2,(H,21,23). The molecule has 3 nitrogen and oxygen atoms in total. The normalized spacial score (nSPS) is 10.3. The summed E-state index contributed by atoms with van der Waals surface area (Å²) in [6.45, 7) is 0. The van der Waals surface area contributed by atoms with Crippen LogP contribution in [0.25, 0.3) is 0 Å². The Labute approximate surface area is 137 Å². The van der Waals surface area contributed by atoms with E-state index in [4.69, 9.17) is 0 Å². The molecule has 0 aliphatic heterocycles. The minimum Gasteiger partial charge on any atom is -0.326 e. The van der Waals surface area contributed by atoms with E-state index in [0.717, 1.165) is 36.9 Å². The average molecular weight is 309 g/mol. The smallest absolute Gasteiger partial charge is 0.224 e.